The van der Waals surface area contributed by atoms with Gasteiger partial charge in [0.05, 0.1) is 5.54 Å². The van der Waals surface area contributed by atoms with E-state index in [4.69, 9.17) is 21.9 Å². The summed E-state index contributed by atoms with van der Waals surface area (Å²) in [6, 6.07) is 7.59. The fraction of sp³-hybridized carbons (Fsp3) is 0.333. The molecule has 1 saturated carbocycles. The van der Waals surface area contributed by atoms with E-state index in [-0.39, 0.29) is 0 Å². The van der Waals surface area contributed by atoms with Gasteiger partial charge in [0.15, 0.2) is 5.82 Å². The van der Waals surface area contributed by atoms with Crippen molar-refractivity contribution in [3.63, 3.8) is 0 Å². The van der Waals surface area contributed by atoms with Gasteiger partial charge in [0.25, 0.3) is 5.89 Å². The number of benzene rings is 1. The maximum Gasteiger partial charge on any atom is 0.250 e. The van der Waals surface area contributed by atoms with Gasteiger partial charge in [0, 0.05) is 11.1 Å². The topological polar surface area (TPSA) is 64.9 Å². The molecule has 5 heteroatoms. The number of nitrogens with zero attached hydrogens (tertiary/aromatic N) is 2. The molecule has 0 aliphatic heterocycles. The molecular formula is C15H16ClN3O. The molecule has 0 spiro atoms. The van der Waals surface area contributed by atoms with Crippen LogP contribution in [-0.4, -0.2) is 10.1 Å². The van der Waals surface area contributed by atoms with Gasteiger partial charge < -0.3 is 10.3 Å². The molecule has 104 valence electrons. The normalized spacial score (nSPS) is 17.9. The minimum absolute atomic E-state index is 0.417. The number of rotatable bonds is 3. The number of hydrogen-bond acceptors (Lipinski definition) is 4. The van der Waals surface area contributed by atoms with Crippen molar-refractivity contribution in [1.29, 1.82) is 0 Å². The fourth-order valence-electron chi connectivity index (χ4n) is 2.51. The van der Waals surface area contributed by atoms with Crippen LogP contribution >= 0.6 is 11.6 Å². The first-order valence-corrected chi connectivity index (χ1v) is 7.11. The Hall–Kier alpha value is -1.65. The van der Waals surface area contributed by atoms with Gasteiger partial charge in [-0.1, -0.05) is 47.8 Å². The molecule has 0 atom stereocenters. The Balaban J connectivity index is 1.79. The number of halogens is 1. The lowest BCUT2D eigenvalue weighted by Gasteiger charge is -2.17. The van der Waals surface area contributed by atoms with Crippen LogP contribution in [0, 0.1) is 0 Å². The Labute approximate surface area is 122 Å². The van der Waals surface area contributed by atoms with E-state index in [9.17, 15) is 0 Å². The molecule has 1 heterocycles. The number of nitrogens with two attached hydrogens (primary N) is 1. The van der Waals surface area contributed by atoms with Crippen molar-refractivity contribution in [2.45, 2.75) is 31.2 Å². The summed E-state index contributed by atoms with van der Waals surface area (Å²) in [5, 5.41) is 4.70. The van der Waals surface area contributed by atoms with Gasteiger partial charge in [-0.2, -0.15) is 4.98 Å². The van der Waals surface area contributed by atoms with Crippen molar-refractivity contribution in [3.05, 3.63) is 46.6 Å². The van der Waals surface area contributed by atoms with Gasteiger partial charge in [-0.15, -0.1) is 0 Å². The van der Waals surface area contributed by atoms with Crippen molar-refractivity contribution >= 4 is 23.8 Å². The number of hydrogen-bond donors (Lipinski definition) is 1. The Kier molecular flexibility index (Phi) is 3.59. The van der Waals surface area contributed by atoms with E-state index in [1.54, 1.807) is 6.08 Å². The molecule has 1 aromatic heterocycles. The van der Waals surface area contributed by atoms with Crippen LogP contribution in [0.5, 0.6) is 0 Å². The molecule has 0 amide bonds. The lowest BCUT2D eigenvalue weighted by molar-refractivity contribution is 0.364. The Morgan fingerprint density at radius 2 is 1.95 bits per heavy atom. The van der Waals surface area contributed by atoms with Gasteiger partial charge in [-0.05, 0) is 30.5 Å². The molecule has 4 nitrogen and oxygen atoms in total. The summed E-state index contributed by atoms with van der Waals surface area (Å²) in [6.45, 7) is 0. The second kappa shape index (κ2) is 5.38. The first kappa shape index (κ1) is 13.3. The summed E-state index contributed by atoms with van der Waals surface area (Å²) in [6.07, 6.45) is 7.69. The summed E-state index contributed by atoms with van der Waals surface area (Å²) in [5.41, 5.74) is 6.79. The van der Waals surface area contributed by atoms with Gasteiger partial charge in [-0.25, -0.2) is 0 Å². The lowest BCUT2D eigenvalue weighted by Crippen LogP contribution is -2.34. The molecule has 1 aliphatic rings. The minimum Gasteiger partial charge on any atom is -0.335 e. The van der Waals surface area contributed by atoms with Crippen LogP contribution in [0.25, 0.3) is 12.2 Å². The first-order valence-electron chi connectivity index (χ1n) is 6.73. The van der Waals surface area contributed by atoms with Crippen LogP contribution in [0.3, 0.4) is 0 Å². The van der Waals surface area contributed by atoms with E-state index >= 15 is 0 Å². The van der Waals surface area contributed by atoms with Gasteiger partial charge >= 0.3 is 0 Å². The van der Waals surface area contributed by atoms with Crippen molar-refractivity contribution < 1.29 is 4.52 Å². The Morgan fingerprint density at radius 3 is 2.70 bits per heavy atom. The first-order chi connectivity index (χ1) is 9.67. The van der Waals surface area contributed by atoms with Crippen molar-refractivity contribution in [2.75, 3.05) is 0 Å². The summed E-state index contributed by atoms with van der Waals surface area (Å²) >= 11 is 6.08. The molecule has 1 fully saturated rings. The van der Waals surface area contributed by atoms with E-state index in [1.165, 1.54) is 0 Å². The molecule has 2 aromatic rings. The van der Waals surface area contributed by atoms with Gasteiger partial charge in [0.1, 0.15) is 0 Å². The second-order valence-electron chi connectivity index (χ2n) is 5.17. The molecule has 0 radical (unpaired) electrons. The summed E-state index contributed by atoms with van der Waals surface area (Å²) in [4.78, 5) is 4.38. The third kappa shape index (κ3) is 2.62. The third-order valence-electron chi connectivity index (χ3n) is 3.69. The van der Waals surface area contributed by atoms with E-state index in [0.29, 0.717) is 16.7 Å². The Bertz CT molecular complexity index is 630. The molecule has 1 aliphatic carbocycles. The predicted octanol–water partition coefficient (Wildman–Crippen LogP) is 3.62. The molecular weight excluding hydrogens is 274 g/mol. The van der Waals surface area contributed by atoms with Crippen LogP contribution in [-0.2, 0) is 5.54 Å². The SMILES string of the molecule is NC1(c2noc(/C=C/c3ccccc3Cl)n2)CCCC1. The smallest absolute Gasteiger partial charge is 0.250 e. The maximum atomic E-state index is 6.29. The zero-order valence-corrected chi connectivity index (χ0v) is 11.8. The Morgan fingerprint density at radius 1 is 1.20 bits per heavy atom. The third-order valence-corrected chi connectivity index (χ3v) is 4.04. The van der Waals surface area contributed by atoms with Crippen molar-refractivity contribution in [3.8, 4) is 0 Å². The summed E-state index contributed by atoms with van der Waals surface area (Å²) in [5.74, 6) is 1.06. The van der Waals surface area contributed by atoms with Crippen molar-refractivity contribution in [2.24, 2.45) is 5.73 Å². The molecule has 20 heavy (non-hydrogen) atoms. The van der Waals surface area contributed by atoms with E-state index in [0.717, 1.165) is 31.2 Å². The fourth-order valence-corrected chi connectivity index (χ4v) is 2.70. The highest BCUT2D eigenvalue weighted by Gasteiger charge is 2.35. The van der Waals surface area contributed by atoms with Gasteiger partial charge in [0.2, 0.25) is 0 Å². The van der Waals surface area contributed by atoms with Gasteiger partial charge in [-0.3, -0.25) is 0 Å². The zero-order chi connectivity index (χ0) is 14.0. The second-order valence-corrected chi connectivity index (χ2v) is 5.58. The average Bonchev–Trinajstić information content (AvgIpc) is 3.08. The highest BCUT2D eigenvalue weighted by atomic mass is 35.5. The predicted molar refractivity (Wildman–Crippen MR) is 79.0 cm³/mol. The summed E-state index contributed by atoms with van der Waals surface area (Å²) < 4.78 is 5.23. The minimum atomic E-state index is -0.417. The molecule has 3 rings (SSSR count). The molecule has 0 unspecified atom stereocenters. The molecule has 0 bridgehead atoms. The van der Waals surface area contributed by atoms with E-state index in [2.05, 4.69) is 10.1 Å². The van der Waals surface area contributed by atoms with E-state index < -0.39 is 5.54 Å². The highest BCUT2D eigenvalue weighted by Crippen LogP contribution is 2.34. The highest BCUT2D eigenvalue weighted by molar-refractivity contribution is 6.32. The van der Waals surface area contributed by atoms with Crippen LogP contribution in [0.4, 0.5) is 0 Å². The average molecular weight is 290 g/mol. The quantitative estimate of drug-likeness (QED) is 0.937. The van der Waals surface area contributed by atoms with Crippen LogP contribution in [0.15, 0.2) is 28.8 Å². The summed E-state index contributed by atoms with van der Waals surface area (Å²) in [7, 11) is 0. The molecule has 1 aromatic carbocycles. The van der Waals surface area contributed by atoms with Crippen LogP contribution < -0.4 is 5.73 Å². The maximum absolute atomic E-state index is 6.29. The van der Waals surface area contributed by atoms with E-state index in [1.807, 2.05) is 30.3 Å². The van der Waals surface area contributed by atoms with Crippen LogP contribution in [0.2, 0.25) is 5.02 Å². The molecule has 2 N–H and O–H groups in total. The molecule has 0 saturated heterocycles. The standard InChI is InChI=1S/C15H16ClN3O/c16-12-6-2-1-5-11(12)7-8-13-18-14(19-20-13)15(17)9-3-4-10-15/h1-2,5-8H,3-4,9-10,17H2/b8-7+. The zero-order valence-electron chi connectivity index (χ0n) is 11.1. The van der Waals surface area contributed by atoms with Crippen LogP contribution in [0.1, 0.15) is 43.0 Å². The lowest BCUT2D eigenvalue weighted by atomic mass is 9.99. The largest absolute Gasteiger partial charge is 0.335 e. The monoisotopic (exact) mass is 289 g/mol. The number of aromatic nitrogens is 2. The van der Waals surface area contributed by atoms with Crippen molar-refractivity contribution in [1.82, 2.24) is 10.1 Å².